The van der Waals surface area contributed by atoms with Crippen molar-refractivity contribution >= 4 is 15.9 Å². The molecule has 0 aromatic heterocycles. The smallest absolute Gasteiger partial charge is 0.183 e. The second-order valence-electron chi connectivity index (χ2n) is 2.69. The maximum absolute atomic E-state index is 9.25. The molecule has 0 bridgehead atoms. The summed E-state index contributed by atoms with van der Waals surface area (Å²) >= 11 is 3.04. The van der Waals surface area contributed by atoms with Gasteiger partial charge in [-0.1, -0.05) is 15.9 Å². The molecule has 6 heteroatoms. The lowest BCUT2D eigenvalue weighted by Crippen LogP contribution is -2.57. The Morgan fingerprint density at radius 3 is 2.08 bits per heavy atom. The number of halogens is 1. The van der Waals surface area contributed by atoms with Gasteiger partial charge in [-0.2, -0.15) is 0 Å². The lowest BCUT2D eigenvalue weighted by Gasteiger charge is -2.37. The molecule has 12 heavy (non-hydrogen) atoms. The van der Waals surface area contributed by atoms with E-state index >= 15 is 0 Å². The quantitative estimate of drug-likeness (QED) is 0.407. The first-order chi connectivity index (χ1) is 5.57. The van der Waals surface area contributed by atoms with E-state index in [2.05, 4.69) is 15.9 Å². The molecule has 1 rings (SSSR count). The third-order valence-corrected chi connectivity index (χ3v) is 2.48. The minimum absolute atomic E-state index is 0.287. The minimum atomic E-state index is -1.45. The summed E-state index contributed by atoms with van der Waals surface area (Å²) in [4.78, 5) is 0. The second-order valence-corrected chi connectivity index (χ2v) is 3.34. The van der Waals surface area contributed by atoms with Gasteiger partial charge in [0.05, 0.1) is 6.10 Å². The Morgan fingerprint density at radius 2 is 1.58 bits per heavy atom. The molecule has 1 aliphatic heterocycles. The summed E-state index contributed by atoms with van der Waals surface area (Å²) in [6.07, 6.45) is -6.13. The van der Waals surface area contributed by atoms with Crippen LogP contribution in [-0.2, 0) is 4.74 Å². The molecule has 1 heterocycles. The predicted octanol–water partition coefficient (Wildman–Crippen LogP) is -1.82. The lowest BCUT2D eigenvalue weighted by atomic mass is 10.0. The van der Waals surface area contributed by atoms with Crippen molar-refractivity contribution in [2.24, 2.45) is 0 Å². The van der Waals surface area contributed by atoms with Gasteiger partial charge in [0.2, 0.25) is 0 Å². The molecule has 0 aromatic rings. The zero-order chi connectivity index (χ0) is 9.30. The highest BCUT2D eigenvalue weighted by atomic mass is 79.9. The maximum atomic E-state index is 9.25. The number of rotatable bonds is 1. The summed E-state index contributed by atoms with van der Waals surface area (Å²) in [5.74, 6) is 0. The van der Waals surface area contributed by atoms with Crippen LogP contribution in [0, 0.1) is 0 Å². The molecule has 72 valence electrons. The van der Waals surface area contributed by atoms with Gasteiger partial charge in [0, 0.05) is 5.33 Å². The number of hydrogen-bond donors (Lipinski definition) is 4. The monoisotopic (exact) mass is 242 g/mol. The van der Waals surface area contributed by atoms with E-state index < -0.39 is 30.7 Å². The molecule has 5 atom stereocenters. The van der Waals surface area contributed by atoms with Crippen LogP contribution in [0.15, 0.2) is 0 Å². The first-order valence-electron chi connectivity index (χ1n) is 3.51. The highest BCUT2D eigenvalue weighted by Gasteiger charge is 2.42. The SMILES string of the molecule is OC1[C@H](O)C(CBr)O[C@@H](O)[C@H]1O. The van der Waals surface area contributed by atoms with Crippen LogP contribution >= 0.6 is 15.9 Å². The van der Waals surface area contributed by atoms with E-state index in [1.54, 1.807) is 0 Å². The molecule has 0 amide bonds. The van der Waals surface area contributed by atoms with Gasteiger partial charge in [-0.15, -0.1) is 0 Å². The van der Waals surface area contributed by atoms with Crippen LogP contribution in [0.25, 0.3) is 0 Å². The average Bonchev–Trinajstić information content (AvgIpc) is 2.08. The number of hydrogen-bond acceptors (Lipinski definition) is 5. The Morgan fingerprint density at radius 1 is 1.00 bits per heavy atom. The fourth-order valence-electron chi connectivity index (χ4n) is 1.06. The summed E-state index contributed by atoms with van der Waals surface area (Å²) in [5.41, 5.74) is 0. The Kier molecular flexibility index (Phi) is 3.45. The van der Waals surface area contributed by atoms with Gasteiger partial charge in [-0.3, -0.25) is 0 Å². The average molecular weight is 243 g/mol. The number of alkyl halides is 1. The third-order valence-electron chi connectivity index (χ3n) is 1.84. The van der Waals surface area contributed by atoms with Gasteiger partial charge < -0.3 is 25.2 Å². The van der Waals surface area contributed by atoms with Crippen LogP contribution < -0.4 is 0 Å². The van der Waals surface area contributed by atoms with Crippen LogP contribution in [0.5, 0.6) is 0 Å². The molecule has 0 radical (unpaired) electrons. The zero-order valence-corrected chi connectivity index (χ0v) is 7.75. The molecule has 1 fully saturated rings. The van der Waals surface area contributed by atoms with Crippen molar-refractivity contribution in [3.8, 4) is 0 Å². The number of aliphatic hydroxyl groups excluding tert-OH is 4. The highest BCUT2D eigenvalue weighted by molar-refractivity contribution is 9.09. The van der Waals surface area contributed by atoms with Crippen LogP contribution in [0.2, 0.25) is 0 Å². The summed E-state index contributed by atoms with van der Waals surface area (Å²) < 4.78 is 4.78. The van der Waals surface area contributed by atoms with E-state index in [4.69, 9.17) is 20.1 Å². The summed E-state index contributed by atoms with van der Waals surface area (Å²) in [6, 6.07) is 0. The van der Waals surface area contributed by atoms with Crippen molar-refractivity contribution in [1.82, 2.24) is 0 Å². The Labute approximate surface area is 77.7 Å². The van der Waals surface area contributed by atoms with Gasteiger partial charge in [0.1, 0.15) is 18.3 Å². The molecular weight excluding hydrogens is 232 g/mol. The first kappa shape index (κ1) is 10.4. The molecule has 0 aromatic carbocycles. The van der Waals surface area contributed by atoms with Crippen molar-refractivity contribution in [3.05, 3.63) is 0 Å². The Balaban J connectivity index is 2.63. The maximum Gasteiger partial charge on any atom is 0.183 e. The summed E-state index contributed by atoms with van der Waals surface area (Å²) in [7, 11) is 0. The molecule has 2 unspecified atom stereocenters. The molecule has 0 aliphatic carbocycles. The van der Waals surface area contributed by atoms with Crippen LogP contribution in [0.4, 0.5) is 0 Å². The van der Waals surface area contributed by atoms with Gasteiger partial charge >= 0.3 is 0 Å². The molecule has 0 saturated carbocycles. The van der Waals surface area contributed by atoms with Crippen molar-refractivity contribution in [2.75, 3.05) is 5.33 Å². The van der Waals surface area contributed by atoms with Crippen molar-refractivity contribution in [2.45, 2.75) is 30.7 Å². The minimum Gasteiger partial charge on any atom is -0.388 e. The van der Waals surface area contributed by atoms with Crippen LogP contribution in [0.1, 0.15) is 0 Å². The first-order valence-corrected chi connectivity index (χ1v) is 4.63. The fourth-order valence-corrected chi connectivity index (χ4v) is 1.59. The second kappa shape index (κ2) is 3.99. The third kappa shape index (κ3) is 1.78. The number of aliphatic hydroxyl groups is 4. The molecular formula is C6H11BrO5. The molecule has 0 spiro atoms. The van der Waals surface area contributed by atoms with Crippen LogP contribution in [0.3, 0.4) is 0 Å². The van der Waals surface area contributed by atoms with Crippen molar-refractivity contribution < 1.29 is 25.2 Å². The molecule has 1 saturated heterocycles. The van der Waals surface area contributed by atoms with E-state index in [9.17, 15) is 5.11 Å². The lowest BCUT2D eigenvalue weighted by molar-refractivity contribution is -0.276. The van der Waals surface area contributed by atoms with Gasteiger partial charge in [-0.25, -0.2) is 0 Å². The predicted molar refractivity (Wildman–Crippen MR) is 42.7 cm³/mol. The summed E-state index contributed by atoms with van der Waals surface area (Å²) in [6.45, 7) is 0. The molecule has 1 aliphatic rings. The van der Waals surface area contributed by atoms with Crippen LogP contribution in [-0.4, -0.2) is 56.5 Å². The molecule has 4 N–H and O–H groups in total. The highest BCUT2D eigenvalue weighted by Crippen LogP contribution is 2.20. The van der Waals surface area contributed by atoms with E-state index in [0.717, 1.165) is 0 Å². The number of ether oxygens (including phenoxy) is 1. The Hall–Kier alpha value is 0.280. The van der Waals surface area contributed by atoms with E-state index in [1.807, 2.05) is 0 Å². The van der Waals surface area contributed by atoms with Gasteiger partial charge in [0.15, 0.2) is 6.29 Å². The Bertz CT molecular complexity index is 150. The standard InChI is InChI=1S/C6H11BrO5/c7-1-2-3(8)4(9)5(10)6(11)12-2/h2-6,8-11H,1H2/t2?,3-,4?,5+,6-/m1/s1. The fraction of sp³-hybridized carbons (Fsp3) is 1.00. The van der Waals surface area contributed by atoms with Gasteiger partial charge in [-0.05, 0) is 0 Å². The normalized spacial score (nSPS) is 49.2. The zero-order valence-electron chi connectivity index (χ0n) is 6.17. The van der Waals surface area contributed by atoms with E-state index in [-0.39, 0.29) is 5.33 Å². The van der Waals surface area contributed by atoms with Gasteiger partial charge in [0.25, 0.3) is 0 Å². The summed E-state index contributed by atoms with van der Waals surface area (Å²) in [5, 5.41) is 36.7. The van der Waals surface area contributed by atoms with E-state index in [0.29, 0.717) is 0 Å². The largest absolute Gasteiger partial charge is 0.388 e. The van der Waals surface area contributed by atoms with E-state index in [1.165, 1.54) is 0 Å². The van der Waals surface area contributed by atoms with Crippen molar-refractivity contribution in [3.63, 3.8) is 0 Å². The molecule has 5 nitrogen and oxygen atoms in total. The van der Waals surface area contributed by atoms with Crippen molar-refractivity contribution in [1.29, 1.82) is 0 Å². The topological polar surface area (TPSA) is 90.2 Å².